The fourth-order valence-corrected chi connectivity index (χ4v) is 2.52. The minimum Gasteiger partial charge on any atom is -0.340 e. The first-order valence-corrected chi connectivity index (χ1v) is 6.80. The maximum absolute atomic E-state index is 13.6. The first-order chi connectivity index (χ1) is 8.56. The number of carbonyl (C=O) groups excluding carboxylic acids is 1. The predicted octanol–water partition coefficient (Wildman–Crippen LogP) is 1.95. The minimum atomic E-state index is -0.324. The largest absolute Gasteiger partial charge is 0.340 e. The van der Waals surface area contributed by atoms with E-state index in [0.717, 1.165) is 11.0 Å². The van der Waals surface area contributed by atoms with E-state index in [2.05, 4.69) is 21.2 Å². The van der Waals surface area contributed by atoms with E-state index >= 15 is 0 Å². The van der Waals surface area contributed by atoms with Gasteiger partial charge in [0.05, 0.1) is 6.42 Å². The van der Waals surface area contributed by atoms with Gasteiger partial charge in [0.15, 0.2) is 0 Å². The van der Waals surface area contributed by atoms with Crippen molar-refractivity contribution in [3.63, 3.8) is 0 Å². The first-order valence-electron chi connectivity index (χ1n) is 6.01. The molecular weight excluding hydrogens is 299 g/mol. The third kappa shape index (κ3) is 3.29. The van der Waals surface area contributed by atoms with E-state index in [-0.39, 0.29) is 18.1 Å². The highest BCUT2D eigenvalue weighted by Gasteiger charge is 2.21. The topological polar surface area (TPSA) is 32.3 Å². The summed E-state index contributed by atoms with van der Waals surface area (Å²) in [5.74, 6) is -0.338. The molecule has 1 aliphatic heterocycles. The van der Waals surface area contributed by atoms with Crippen LogP contribution in [0.2, 0.25) is 0 Å². The Balaban J connectivity index is 2.04. The van der Waals surface area contributed by atoms with Crippen molar-refractivity contribution in [2.24, 2.45) is 0 Å². The van der Waals surface area contributed by atoms with E-state index in [0.29, 0.717) is 24.7 Å². The summed E-state index contributed by atoms with van der Waals surface area (Å²) in [6.45, 7) is 4.22. The lowest BCUT2D eigenvalue weighted by Crippen LogP contribution is -2.51. The Hall–Kier alpha value is -0.940. The fourth-order valence-electron chi connectivity index (χ4n) is 2.11. The van der Waals surface area contributed by atoms with Crippen molar-refractivity contribution in [3.8, 4) is 0 Å². The van der Waals surface area contributed by atoms with Crippen LogP contribution in [0.1, 0.15) is 12.5 Å². The molecule has 1 atom stereocenters. The molecule has 0 aliphatic carbocycles. The van der Waals surface area contributed by atoms with Gasteiger partial charge in [0.25, 0.3) is 0 Å². The number of piperazine rings is 1. The Labute approximate surface area is 114 Å². The van der Waals surface area contributed by atoms with Crippen LogP contribution >= 0.6 is 15.9 Å². The van der Waals surface area contributed by atoms with Crippen LogP contribution in [-0.4, -0.2) is 36.5 Å². The van der Waals surface area contributed by atoms with Gasteiger partial charge < -0.3 is 10.2 Å². The van der Waals surface area contributed by atoms with E-state index in [1.807, 2.05) is 6.92 Å². The molecule has 0 spiro atoms. The van der Waals surface area contributed by atoms with Gasteiger partial charge >= 0.3 is 0 Å². The summed E-state index contributed by atoms with van der Waals surface area (Å²) in [7, 11) is 0. The zero-order valence-electron chi connectivity index (χ0n) is 10.2. The summed E-state index contributed by atoms with van der Waals surface area (Å²) >= 11 is 3.29. The van der Waals surface area contributed by atoms with Crippen LogP contribution in [0.3, 0.4) is 0 Å². The standard InChI is InChI=1S/C13H16BrFN2O/c1-9-8-17(5-4-16-9)13(18)7-10-6-11(14)2-3-12(10)15/h2-3,6,9,16H,4-5,7-8H2,1H3/t9-/m0/s1. The number of halogens is 2. The Morgan fingerprint density at radius 1 is 1.61 bits per heavy atom. The molecule has 3 nitrogen and oxygen atoms in total. The lowest BCUT2D eigenvalue weighted by atomic mass is 10.1. The maximum Gasteiger partial charge on any atom is 0.227 e. The van der Waals surface area contributed by atoms with Crippen molar-refractivity contribution < 1.29 is 9.18 Å². The monoisotopic (exact) mass is 314 g/mol. The first kappa shape index (κ1) is 13.5. The van der Waals surface area contributed by atoms with Gasteiger partial charge in [-0.2, -0.15) is 0 Å². The van der Waals surface area contributed by atoms with Crippen molar-refractivity contribution in [1.29, 1.82) is 0 Å². The number of benzene rings is 1. The van der Waals surface area contributed by atoms with Gasteiger partial charge in [-0.05, 0) is 30.7 Å². The molecule has 1 heterocycles. The molecule has 1 aromatic carbocycles. The zero-order valence-corrected chi connectivity index (χ0v) is 11.8. The summed E-state index contributed by atoms with van der Waals surface area (Å²) in [4.78, 5) is 13.9. The molecule has 98 valence electrons. The molecule has 1 N–H and O–H groups in total. The summed E-state index contributed by atoms with van der Waals surface area (Å²) < 4.78 is 14.4. The van der Waals surface area contributed by atoms with Crippen molar-refractivity contribution in [2.75, 3.05) is 19.6 Å². The highest BCUT2D eigenvalue weighted by Crippen LogP contribution is 2.17. The minimum absolute atomic E-state index is 0.0136. The van der Waals surface area contributed by atoms with Crippen molar-refractivity contribution in [1.82, 2.24) is 10.2 Å². The summed E-state index contributed by atoms with van der Waals surface area (Å²) in [6, 6.07) is 4.98. The van der Waals surface area contributed by atoms with Crippen LogP contribution in [-0.2, 0) is 11.2 Å². The Kier molecular flexibility index (Phi) is 4.35. The Morgan fingerprint density at radius 3 is 3.11 bits per heavy atom. The highest BCUT2D eigenvalue weighted by molar-refractivity contribution is 9.10. The molecule has 1 amide bonds. The molecule has 0 aromatic heterocycles. The van der Waals surface area contributed by atoms with E-state index in [1.54, 1.807) is 17.0 Å². The van der Waals surface area contributed by atoms with Crippen LogP contribution < -0.4 is 5.32 Å². The van der Waals surface area contributed by atoms with Gasteiger partial charge in [-0.25, -0.2) is 4.39 Å². The Bertz CT molecular complexity index is 453. The molecule has 5 heteroatoms. The lowest BCUT2D eigenvalue weighted by Gasteiger charge is -2.32. The summed E-state index contributed by atoms with van der Waals surface area (Å²) in [5, 5.41) is 3.28. The van der Waals surface area contributed by atoms with Gasteiger partial charge in [0, 0.05) is 30.1 Å². The molecule has 2 rings (SSSR count). The van der Waals surface area contributed by atoms with E-state index in [9.17, 15) is 9.18 Å². The number of hydrogen-bond acceptors (Lipinski definition) is 2. The van der Waals surface area contributed by atoms with Gasteiger partial charge in [-0.15, -0.1) is 0 Å². The second-order valence-corrected chi connectivity index (χ2v) is 5.52. The lowest BCUT2D eigenvalue weighted by molar-refractivity contribution is -0.131. The van der Waals surface area contributed by atoms with Crippen molar-refractivity contribution in [2.45, 2.75) is 19.4 Å². The quantitative estimate of drug-likeness (QED) is 0.905. The van der Waals surface area contributed by atoms with Crippen LogP contribution in [0, 0.1) is 5.82 Å². The second kappa shape index (κ2) is 5.80. The molecular formula is C13H16BrFN2O. The molecule has 1 aliphatic rings. The van der Waals surface area contributed by atoms with Gasteiger partial charge in [0.2, 0.25) is 5.91 Å². The van der Waals surface area contributed by atoms with E-state index in [1.165, 1.54) is 6.07 Å². The number of nitrogens with one attached hydrogen (secondary N) is 1. The molecule has 1 fully saturated rings. The SMILES string of the molecule is C[C@H]1CN(C(=O)Cc2cc(Br)ccc2F)CCN1. The van der Waals surface area contributed by atoms with Crippen LogP contribution in [0.5, 0.6) is 0 Å². The second-order valence-electron chi connectivity index (χ2n) is 4.61. The van der Waals surface area contributed by atoms with Crippen molar-refractivity contribution in [3.05, 3.63) is 34.1 Å². The third-order valence-corrected chi connectivity index (χ3v) is 3.56. The van der Waals surface area contributed by atoms with E-state index < -0.39 is 0 Å². The predicted molar refractivity (Wildman–Crippen MR) is 71.8 cm³/mol. The average Bonchev–Trinajstić information content (AvgIpc) is 2.34. The molecule has 18 heavy (non-hydrogen) atoms. The maximum atomic E-state index is 13.6. The van der Waals surface area contributed by atoms with Gasteiger partial charge in [-0.1, -0.05) is 15.9 Å². The Morgan fingerprint density at radius 2 is 2.39 bits per heavy atom. The molecule has 0 saturated carbocycles. The van der Waals surface area contributed by atoms with Gasteiger partial charge in [-0.3, -0.25) is 4.79 Å². The molecule has 0 bridgehead atoms. The third-order valence-electron chi connectivity index (χ3n) is 3.07. The zero-order chi connectivity index (χ0) is 13.1. The summed E-state index contributed by atoms with van der Waals surface area (Å²) in [6.07, 6.45) is 0.123. The number of carbonyl (C=O) groups is 1. The van der Waals surface area contributed by atoms with Crippen molar-refractivity contribution >= 4 is 21.8 Å². The molecule has 0 unspecified atom stereocenters. The molecule has 1 aromatic rings. The normalized spacial score (nSPS) is 19.9. The summed E-state index contributed by atoms with van der Waals surface area (Å²) in [5.41, 5.74) is 0.445. The molecule has 0 radical (unpaired) electrons. The van der Waals surface area contributed by atoms with E-state index in [4.69, 9.17) is 0 Å². The smallest absolute Gasteiger partial charge is 0.227 e. The van der Waals surface area contributed by atoms with Crippen LogP contribution in [0.15, 0.2) is 22.7 Å². The van der Waals surface area contributed by atoms with Crippen LogP contribution in [0.4, 0.5) is 4.39 Å². The number of rotatable bonds is 2. The van der Waals surface area contributed by atoms with Gasteiger partial charge in [0.1, 0.15) is 5.82 Å². The number of amides is 1. The van der Waals surface area contributed by atoms with Crippen LogP contribution in [0.25, 0.3) is 0 Å². The average molecular weight is 315 g/mol. The number of nitrogens with zero attached hydrogens (tertiary/aromatic N) is 1. The molecule has 1 saturated heterocycles. The highest BCUT2D eigenvalue weighted by atomic mass is 79.9. The fraction of sp³-hybridized carbons (Fsp3) is 0.462. The number of hydrogen-bond donors (Lipinski definition) is 1.